The molecule has 0 aromatic carbocycles. The lowest BCUT2D eigenvalue weighted by Gasteiger charge is -2.02. The monoisotopic (exact) mass is 283 g/mol. The third-order valence-corrected chi connectivity index (χ3v) is 2.74. The molecule has 0 fully saturated rings. The van der Waals surface area contributed by atoms with E-state index < -0.39 is 5.97 Å². The summed E-state index contributed by atoms with van der Waals surface area (Å²) in [6.07, 6.45) is 2.44. The van der Waals surface area contributed by atoms with E-state index in [1.807, 2.05) is 6.92 Å². The Bertz CT molecular complexity index is 597. The number of pyridine rings is 1. The van der Waals surface area contributed by atoms with E-state index in [0.717, 1.165) is 5.39 Å². The van der Waals surface area contributed by atoms with Crippen LogP contribution in [0.25, 0.3) is 10.9 Å². The number of hydrogen-bond donors (Lipinski definition) is 1. The van der Waals surface area contributed by atoms with E-state index >= 15 is 0 Å². The first-order chi connectivity index (χ1) is 9.10. The summed E-state index contributed by atoms with van der Waals surface area (Å²) < 4.78 is 7.10. The number of aromatic nitrogens is 3. The van der Waals surface area contributed by atoms with Crippen molar-refractivity contribution in [2.24, 2.45) is 0 Å². The Morgan fingerprint density at radius 2 is 2.37 bits per heavy atom. The molecular weight excluding hydrogens is 270 g/mol. The van der Waals surface area contributed by atoms with Gasteiger partial charge in [0, 0.05) is 25.2 Å². The Morgan fingerprint density at radius 3 is 3.05 bits per heavy atom. The normalized spacial score (nSPS) is 10.8. The molecule has 0 aliphatic heterocycles. The summed E-state index contributed by atoms with van der Waals surface area (Å²) in [5.74, 6) is -0.356. The number of carboxylic acids is 1. The van der Waals surface area contributed by atoms with E-state index in [9.17, 15) is 4.79 Å². The second-order valence-electron chi connectivity index (χ2n) is 4.01. The molecule has 0 unspecified atom stereocenters. The highest BCUT2D eigenvalue weighted by molar-refractivity contribution is 6.30. The maximum absolute atomic E-state index is 10.5. The third-order valence-electron chi connectivity index (χ3n) is 2.54. The van der Waals surface area contributed by atoms with Gasteiger partial charge in [0.2, 0.25) is 5.88 Å². The molecule has 0 atom stereocenters. The van der Waals surface area contributed by atoms with Crippen molar-refractivity contribution in [2.45, 2.75) is 26.3 Å². The van der Waals surface area contributed by atoms with Crippen LogP contribution < -0.4 is 4.74 Å². The Kier molecular flexibility index (Phi) is 4.21. The second-order valence-corrected chi connectivity index (χ2v) is 4.39. The van der Waals surface area contributed by atoms with Crippen LogP contribution in [0.4, 0.5) is 0 Å². The Hall–Kier alpha value is -1.82. The molecule has 0 spiro atoms. The zero-order valence-electron chi connectivity index (χ0n) is 10.5. The van der Waals surface area contributed by atoms with Crippen molar-refractivity contribution < 1.29 is 14.6 Å². The highest BCUT2D eigenvalue weighted by Gasteiger charge is 2.10. The molecule has 2 aromatic heterocycles. The molecule has 19 heavy (non-hydrogen) atoms. The largest absolute Gasteiger partial charge is 0.481 e. The minimum atomic E-state index is -0.809. The van der Waals surface area contributed by atoms with Gasteiger partial charge < -0.3 is 9.84 Å². The minimum absolute atomic E-state index is 0.119. The number of carbonyl (C=O) groups is 1. The van der Waals surface area contributed by atoms with Crippen LogP contribution in [0.15, 0.2) is 12.3 Å². The number of halogens is 1. The van der Waals surface area contributed by atoms with E-state index in [2.05, 4.69) is 10.1 Å². The summed E-state index contributed by atoms with van der Waals surface area (Å²) >= 11 is 5.90. The van der Waals surface area contributed by atoms with E-state index in [-0.39, 0.29) is 6.42 Å². The van der Waals surface area contributed by atoms with Crippen LogP contribution >= 0.6 is 11.6 Å². The van der Waals surface area contributed by atoms with Crippen molar-refractivity contribution in [3.8, 4) is 5.88 Å². The molecule has 2 rings (SSSR count). The molecule has 1 N–H and O–H groups in total. The van der Waals surface area contributed by atoms with E-state index in [1.54, 1.807) is 16.9 Å². The standard InChI is InChI=1S/C12H14ClN3O3/c1-2-19-12-8-7-16(5-3-4-11(17)18)15-9(8)6-10(13)14-12/h6-7H,2-5H2,1H3,(H,17,18). The fourth-order valence-corrected chi connectivity index (χ4v) is 1.94. The summed E-state index contributed by atoms with van der Waals surface area (Å²) in [6.45, 7) is 2.89. The SMILES string of the molecule is CCOc1nc(Cl)cc2nn(CCCC(=O)O)cc12. The molecule has 2 aromatic rings. The summed E-state index contributed by atoms with van der Waals surface area (Å²) in [4.78, 5) is 14.6. The molecule has 0 saturated heterocycles. The summed E-state index contributed by atoms with van der Waals surface area (Å²) in [5.41, 5.74) is 0.693. The smallest absolute Gasteiger partial charge is 0.303 e. The highest BCUT2D eigenvalue weighted by atomic mass is 35.5. The van der Waals surface area contributed by atoms with Crippen LogP contribution in [0.2, 0.25) is 5.15 Å². The molecule has 7 heteroatoms. The summed E-state index contributed by atoms with van der Waals surface area (Å²) in [7, 11) is 0. The maximum atomic E-state index is 10.5. The lowest BCUT2D eigenvalue weighted by atomic mass is 10.3. The van der Waals surface area contributed by atoms with Gasteiger partial charge in [0.1, 0.15) is 10.7 Å². The van der Waals surface area contributed by atoms with Crippen LogP contribution in [-0.4, -0.2) is 32.4 Å². The average Bonchev–Trinajstić information content (AvgIpc) is 2.71. The van der Waals surface area contributed by atoms with Crippen LogP contribution in [0, 0.1) is 0 Å². The fourth-order valence-electron chi connectivity index (χ4n) is 1.76. The van der Waals surface area contributed by atoms with Gasteiger partial charge in [-0.3, -0.25) is 9.48 Å². The first kappa shape index (κ1) is 13.6. The van der Waals surface area contributed by atoms with E-state index in [1.165, 1.54) is 0 Å². The van der Waals surface area contributed by atoms with Gasteiger partial charge in [0.25, 0.3) is 0 Å². The number of rotatable bonds is 6. The Morgan fingerprint density at radius 1 is 1.58 bits per heavy atom. The van der Waals surface area contributed by atoms with Crippen LogP contribution in [-0.2, 0) is 11.3 Å². The van der Waals surface area contributed by atoms with Crippen molar-refractivity contribution in [1.82, 2.24) is 14.8 Å². The Labute approximate surface area is 115 Å². The predicted octanol–water partition coefficient (Wildman–Crippen LogP) is 2.35. The zero-order chi connectivity index (χ0) is 13.8. The van der Waals surface area contributed by atoms with Crippen molar-refractivity contribution >= 4 is 28.5 Å². The molecule has 102 valence electrons. The lowest BCUT2D eigenvalue weighted by molar-refractivity contribution is -0.137. The van der Waals surface area contributed by atoms with Gasteiger partial charge >= 0.3 is 5.97 Å². The molecule has 0 aliphatic carbocycles. The quantitative estimate of drug-likeness (QED) is 0.824. The molecule has 0 radical (unpaired) electrons. The first-order valence-corrected chi connectivity index (χ1v) is 6.36. The second kappa shape index (κ2) is 5.88. The number of nitrogens with zero attached hydrogens (tertiary/aromatic N) is 3. The number of fused-ring (bicyclic) bond motifs is 1. The first-order valence-electron chi connectivity index (χ1n) is 5.98. The van der Waals surface area contributed by atoms with Gasteiger partial charge in [0.05, 0.1) is 12.0 Å². The maximum Gasteiger partial charge on any atom is 0.303 e. The molecule has 0 aliphatic rings. The number of aliphatic carboxylic acids is 1. The molecule has 6 nitrogen and oxygen atoms in total. The fraction of sp³-hybridized carbons (Fsp3) is 0.417. The van der Waals surface area contributed by atoms with Gasteiger partial charge in [0.15, 0.2) is 0 Å². The topological polar surface area (TPSA) is 77.2 Å². The van der Waals surface area contributed by atoms with Crippen LogP contribution in [0.1, 0.15) is 19.8 Å². The summed E-state index contributed by atoms with van der Waals surface area (Å²) in [6, 6.07) is 1.66. The van der Waals surface area contributed by atoms with Crippen molar-refractivity contribution in [3.05, 3.63) is 17.4 Å². The zero-order valence-corrected chi connectivity index (χ0v) is 11.2. The molecule has 0 saturated carbocycles. The third kappa shape index (κ3) is 3.35. The Balaban J connectivity index is 2.23. The highest BCUT2D eigenvalue weighted by Crippen LogP contribution is 2.25. The van der Waals surface area contributed by atoms with Crippen molar-refractivity contribution in [2.75, 3.05) is 6.61 Å². The lowest BCUT2D eigenvalue weighted by Crippen LogP contribution is -2.02. The average molecular weight is 284 g/mol. The molecular formula is C12H14ClN3O3. The van der Waals surface area contributed by atoms with Gasteiger partial charge in [-0.1, -0.05) is 11.6 Å². The van der Waals surface area contributed by atoms with Gasteiger partial charge in [-0.2, -0.15) is 5.10 Å². The summed E-state index contributed by atoms with van der Waals surface area (Å²) in [5, 5.41) is 14.0. The molecule has 2 heterocycles. The van der Waals surface area contributed by atoms with Crippen molar-refractivity contribution in [1.29, 1.82) is 0 Å². The van der Waals surface area contributed by atoms with Crippen LogP contribution in [0.3, 0.4) is 0 Å². The number of ether oxygens (including phenoxy) is 1. The van der Waals surface area contributed by atoms with E-state index in [4.69, 9.17) is 21.4 Å². The number of carboxylic acid groups (broad SMARTS) is 1. The predicted molar refractivity (Wildman–Crippen MR) is 70.6 cm³/mol. The number of hydrogen-bond acceptors (Lipinski definition) is 4. The van der Waals surface area contributed by atoms with Gasteiger partial charge in [-0.15, -0.1) is 0 Å². The molecule has 0 bridgehead atoms. The molecule has 0 amide bonds. The van der Waals surface area contributed by atoms with Crippen LogP contribution in [0.5, 0.6) is 5.88 Å². The number of aryl methyl sites for hydroxylation is 1. The van der Waals surface area contributed by atoms with Gasteiger partial charge in [-0.25, -0.2) is 4.98 Å². The van der Waals surface area contributed by atoms with Crippen molar-refractivity contribution in [3.63, 3.8) is 0 Å². The minimum Gasteiger partial charge on any atom is -0.481 e. The van der Waals surface area contributed by atoms with Gasteiger partial charge in [-0.05, 0) is 13.3 Å². The van der Waals surface area contributed by atoms with E-state index in [0.29, 0.717) is 36.1 Å².